The van der Waals surface area contributed by atoms with Gasteiger partial charge in [-0.1, -0.05) is 18.2 Å². The Morgan fingerprint density at radius 3 is 2.56 bits per heavy atom. The molecule has 1 unspecified atom stereocenters. The number of halogens is 2. The Bertz CT molecular complexity index is 756. The van der Waals surface area contributed by atoms with Crippen LogP contribution in [0, 0.1) is 11.9 Å². The maximum Gasteiger partial charge on any atom is 0.220 e. The molecule has 0 saturated carbocycles. The van der Waals surface area contributed by atoms with E-state index in [1.807, 2.05) is 6.92 Å². The third-order valence-corrected chi connectivity index (χ3v) is 5.70. The number of hydrogen-bond donors (Lipinski definition) is 0. The number of rotatable bonds is 3. The molecule has 1 aromatic heterocycles. The molecule has 1 saturated heterocycles. The van der Waals surface area contributed by atoms with Gasteiger partial charge in [-0.25, -0.2) is 0 Å². The maximum absolute atomic E-state index is 14.0. The van der Waals surface area contributed by atoms with Crippen LogP contribution < -0.4 is 4.90 Å². The quantitative estimate of drug-likeness (QED) is 0.787. The lowest BCUT2D eigenvalue weighted by Gasteiger charge is -2.40. The van der Waals surface area contributed by atoms with Crippen molar-refractivity contribution < 1.29 is 8.78 Å². The number of benzene rings is 1. The molecule has 0 N–H and O–H groups in total. The van der Waals surface area contributed by atoms with Crippen molar-refractivity contribution in [3.05, 3.63) is 59.4 Å². The molecule has 1 fully saturated rings. The van der Waals surface area contributed by atoms with E-state index in [-0.39, 0.29) is 6.04 Å². The lowest BCUT2D eigenvalue weighted by Crippen LogP contribution is -2.45. The fourth-order valence-corrected chi connectivity index (χ4v) is 4.26. The molecule has 3 nitrogen and oxygen atoms in total. The van der Waals surface area contributed by atoms with Crippen molar-refractivity contribution in [2.75, 3.05) is 24.5 Å². The van der Waals surface area contributed by atoms with Gasteiger partial charge in [-0.3, -0.25) is 4.90 Å². The predicted octanol–water partition coefficient (Wildman–Crippen LogP) is 3.95. The smallest absolute Gasteiger partial charge is 0.220 e. The summed E-state index contributed by atoms with van der Waals surface area (Å²) in [4.78, 5) is 8.14. The summed E-state index contributed by atoms with van der Waals surface area (Å²) in [7, 11) is 0. The molecule has 0 aliphatic carbocycles. The number of fused-ring (bicyclic) bond motifs is 1. The molecular formula is C20H23F2N3. The Morgan fingerprint density at radius 1 is 1.04 bits per heavy atom. The van der Waals surface area contributed by atoms with E-state index < -0.39 is 11.9 Å². The summed E-state index contributed by atoms with van der Waals surface area (Å²) < 4.78 is 27.0. The van der Waals surface area contributed by atoms with Gasteiger partial charge in [0.25, 0.3) is 0 Å². The fourth-order valence-electron chi connectivity index (χ4n) is 4.26. The van der Waals surface area contributed by atoms with Crippen molar-refractivity contribution in [2.45, 2.75) is 38.3 Å². The van der Waals surface area contributed by atoms with E-state index in [1.165, 1.54) is 23.4 Å². The predicted molar refractivity (Wildman–Crippen MR) is 94.7 cm³/mol. The molecule has 1 atom stereocenters. The molecule has 2 aliphatic heterocycles. The van der Waals surface area contributed by atoms with Crippen molar-refractivity contribution in [1.82, 2.24) is 9.88 Å². The normalized spacial score (nSPS) is 19.9. The number of piperidine rings is 1. The van der Waals surface area contributed by atoms with Crippen LogP contribution in [-0.2, 0) is 6.42 Å². The van der Waals surface area contributed by atoms with E-state index in [1.54, 1.807) is 0 Å². The van der Waals surface area contributed by atoms with Crippen LogP contribution in [0.25, 0.3) is 0 Å². The van der Waals surface area contributed by atoms with Gasteiger partial charge in [0.15, 0.2) is 0 Å². The SMILES string of the molecule is CC(c1ccc(F)nc1F)N1CCC(N2CCc3ccccc32)CC1. The van der Waals surface area contributed by atoms with Crippen LogP contribution in [0.5, 0.6) is 0 Å². The first-order valence-corrected chi connectivity index (χ1v) is 9.04. The number of para-hydroxylation sites is 1. The van der Waals surface area contributed by atoms with Crippen LogP contribution in [0.1, 0.15) is 36.9 Å². The van der Waals surface area contributed by atoms with Gasteiger partial charge in [-0.15, -0.1) is 0 Å². The van der Waals surface area contributed by atoms with E-state index in [0.29, 0.717) is 11.6 Å². The van der Waals surface area contributed by atoms with Crippen molar-refractivity contribution in [3.63, 3.8) is 0 Å². The van der Waals surface area contributed by atoms with E-state index in [9.17, 15) is 8.78 Å². The summed E-state index contributed by atoms with van der Waals surface area (Å²) >= 11 is 0. The van der Waals surface area contributed by atoms with Gasteiger partial charge < -0.3 is 4.90 Å². The van der Waals surface area contributed by atoms with Crippen LogP contribution in [0.2, 0.25) is 0 Å². The summed E-state index contributed by atoms with van der Waals surface area (Å²) in [6.45, 7) is 4.90. The van der Waals surface area contributed by atoms with Crippen molar-refractivity contribution in [2.24, 2.45) is 0 Å². The monoisotopic (exact) mass is 343 g/mol. The molecule has 25 heavy (non-hydrogen) atoms. The second-order valence-corrected chi connectivity index (χ2v) is 7.03. The molecule has 132 valence electrons. The van der Waals surface area contributed by atoms with Crippen LogP contribution >= 0.6 is 0 Å². The van der Waals surface area contributed by atoms with Gasteiger partial charge in [-0.2, -0.15) is 13.8 Å². The minimum absolute atomic E-state index is 0.0834. The van der Waals surface area contributed by atoms with Gasteiger partial charge in [0.2, 0.25) is 11.9 Å². The Kier molecular flexibility index (Phi) is 4.42. The third-order valence-electron chi connectivity index (χ3n) is 5.70. The summed E-state index contributed by atoms with van der Waals surface area (Å²) in [6, 6.07) is 11.9. The summed E-state index contributed by atoms with van der Waals surface area (Å²) in [6.07, 6.45) is 3.25. The molecule has 1 aromatic carbocycles. The first-order chi connectivity index (χ1) is 12.1. The first kappa shape index (κ1) is 16.5. The highest BCUT2D eigenvalue weighted by atomic mass is 19.1. The first-order valence-electron chi connectivity index (χ1n) is 9.04. The van der Waals surface area contributed by atoms with Crippen LogP contribution in [0.15, 0.2) is 36.4 Å². The molecule has 4 rings (SSSR count). The topological polar surface area (TPSA) is 19.4 Å². The number of likely N-dealkylation sites (tertiary alicyclic amines) is 1. The average molecular weight is 343 g/mol. The highest BCUT2D eigenvalue weighted by Crippen LogP contribution is 2.34. The minimum atomic E-state index is -0.764. The summed E-state index contributed by atoms with van der Waals surface area (Å²) in [5.41, 5.74) is 3.30. The lowest BCUT2D eigenvalue weighted by molar-refractivity contribution is 0.157. The third kappa shape index (κ3) is 3.13. The number of pyridine rings is 1. The molecule has 3 heterocycles. The Labute approximate surface area is 147 Å². The van der Waals surface area contributed by atoms with Crippen molar-refractivity contribution >= 4 is 5.69 Å². The molecule has 0 bridgehead atoms. The molecular weight excluding hydrogens is 320 g/mol. The van der Waals surface area contributed by atoms with Gasteiger partial charge in [0, 0.05) is 43.0 Å². The summed E-state index contributed by atoms with van der Waals surface area (Å²) in [5, 5.41) is 0. The van der Waals surface area contributed by atoms with Crippen LogP contribution in [0.4, 0.5) is 14.5 Å². The maximum atomic E-state index is 14.0. The van der Waals surface area contributed by atoms with E-state index in [4.69, 9.17) is 0 Å². The van der Waals surface area contributed by atoms with Crippen molar-refractivity contribution in [1.29, 1.82) is 0 Å². The van der Waals surface area contributed by atoms with Gasteiger partial charge in [0.05, 0.1) is 0 Å². The van der Waals surface area contributed by atoms with Gasteiger partial charge in [0.1, 0.15) is 0 Å². The Morgan fingerprint density at radius 2 is 1.80 bits per heavy atom. The molecule has 2 aromatic rings. The Balaban J connectivity index is 1.42. The fraction of sp³-hybridized carbons (Fsp3) is 0.450. The molecule has 0 amide bonds. The minimum Gasteiger partial charge on any atom is -0.368 e. The highest BCUT2D eigenvalue weighted by Gasteiger charge is 2.31. The standard InChI is InChI=1S/C20H23F2N3/c1-14(17-6-7-19(21)23-20(17)22)24-11-9-16(10-12-24)25-13-8-15-4-2-3-5-18(15)25/h2-7,14,16H,8-13H2,1H3. The largest absolute Gasteiger partial charge is 0.368 e. The summed E-state index contributed by atoms with van der Waals surface area (Å²) in [5.74, 6) is -1.46. The molecule has 2 aliphatic rings. The van der Waals surface area contributed by atoms with Crippen molar-refractivity contribution in [3.8, 4) is 0 Å². The zero-order valence-electron chi connectivity index (χ0n) is 14.5. The van der Waals surface area contributed by atoms with E-state index in [0.717, 1.165) is 38.9 Å². The number of hydrogen-bond acceptors (Lipinski definition) is 3. The van der Waals surface area contributed by atoms with E-state index >= 15 is 0 Å². The second-order valence-electron chi connectivity index (χ2n) is 7.03. The number of aromatic nitrogens is 1. The zero-order chi connectivity index (χ0) is 17.4. The average Bonchev–Trinajstić information content (AvgIpc) is 3.05. The van der Waals surface area contributed by atoms with Gasteiger partial charge >= 0.3 is 0 Å². The highest BCUT2D eigenvalue weighted by molar-refractivity contribution is 5.58. The van der Waals surface area contributed by atoms with Gasteiger partial charge in [-0.05, 0) is 49.9 Å². The van der Waals surface area contributed by atoms with Crippen LogP contribution in [0.3, 0.4) is 0 Å². The molecule has 0 radical (unpaired) electrons. The number of nitrogens with zero attached hydrogens (tertiary/aromatic N) is 3. The number of anilines is 1. The Hall–Kier alpha value is -2.01. The molecule has 5 heteroatoms. The molecule has 0 spiro atoms. The van der Waals surface area contributed by atoms with E-state index in [2.05, 4.69) is 39.0 Å². The second kappa shape index (κ2) is 6.71. The van der Waals surface area contributed by atoms with Crippen LogP contribution in [-0.4, -0.2) is 35.6 Å². The zero-order valence-corrected chi connectivity index (χ0v) is 14.5. The lowest BCUT2D eigenvalue weighted by atomic mass is 9.99.